The van der Waals surface area contributed by atoms with Crippen LogP contribution in [0.3, 0.4) is 0 Å². The molecule has 1 aliphatic rings. The van der Waals surface area contributed by atoms with Gasteiger partial charge in [-0.15, -0.1) is 11.3 Å². The van der Waals surface area contributed by atoms with Crippen molar-refractivity contribution in [3.05, 3.63) is 50.6 Å². The molecule has 0 saturated carbocycles. The summed E-state index contributed by atoms with van der Waals surface area (Å²) in [6, 6.07) is 11.2. The van der Waals surface area contributed by atoms with Crippen LogP contribution < -0.4 is 10.1 Å². The largest absolute Gasteiger partial charge is 0.492 e. The Morgan fingerprint density at radius 1 is 1.16 bits per heavy atom. The lowest BCUT2D eigenvalue weighted by Crippen LogP contribution is -2.45. The molecule has 1 aliphatic heterocycles. The Hall–Kier alpha value is -1.27. The summed E-state index contributed by atoms with van der Waals surface area (Å²) in [5.41, 5.74) is 0. The zero-order chi connectivity index (χ0) is 17.6. The van der Waals surface area contributed by atoms with E-state index >= 15 is 0 Å². The van der Waals surface area contributed by atoms with E-state index in [0.29, 0.717) is 20.8 Å². The van der Waals surface area contributed by atoms with Crippen LogP contribution >= 0.6 is 34.5 Å². The number of halogens is 2. The number of amides is 1. The second-order valence-corrected chi connectivity index (χ2v) is 8.15. The Balaban J connectivity index is 1.35. The summed E-state index contributed by atoms with van der Waals surface area (Å²) < 4.78 is 6.37. The lowest BCUT2D eigenvalue weighted by Gasteiger charge is -2.32. The predicted octanol–water partition coefficient (Wildman–Crippen LogP) is 4.33. The van der Waals surface area contributed by atoms with Crippen LogP contribution in [0.5, 0.6) is 5.75 Å². The summed E-state index contributed by atoms with van der Waals surface area (Å²) in [5.74, 6) is 0.808. The van der Waals surface area contributed by atoms with Gasteiger partial charge in [-0.1, -0.05) is 23.2 Å². The summed E-state index contributed by atoms with van der Waals surface area (Å²) in [6.45, 7) is 3.44. The van der Waals surface area contributed by atoms with Crippen molar-refractivity contribution in [3.8, 4) is 5.75 Å². The van der Waals surface area contributed by atoms with Crippen LogP contribution in [0.15, 0.2) is 36.4 Å². The molecular formula is C18H20Cl2N2O2S. The van der Waals surface area contributed by atoms with Crippen molar-refractivity contribution < 1.29 is 9.53 Å². The van der Waals surface area contributed by atoms with Crippen molar-refractivity contribution in [2.45, 2.75) is 18.9 Å². The number of piperidine rings is 1. The summed E-state index contributed by atoms with van der Waals surface area (Å²) >= 11 is 13.1. The number of hydrogen-bond donors (Lipinski definition) is 1. The smallest absolute Gasteiger partial charge is 0.261 e. The molecule has 2 aromatic rings. The number of carbonyl (C=O) groups excluding carboxylic acids is 1. The first-order valence-electron chi connectivity index (χ1n) is 8.27. The molecule has 25 heavy (non-hydrogen) atoms. The molecule has 0 aliphatic carbocycles. The molecule has 3 rings (SSSR count). The predicted molar refractivity (Wildman–Crippen MR) is 103 cm³/mol. The Morgan fingerprint density at radius 3 is 2.52 bits per heavy atom. The fraction of sp³-hybridized carbons (Fsp3) is 0.389. The fourth-order valence-corrected chi connectivity index (χ4v) is 3.89. The van der Waals surface area contributed by atoms with Crippen LogP contribution in [0, 0.1) is 0 Å². The number of carbonyl (C=O) groups is 1. The van der Waals surface area contributed by atoms with Crippen molar-refractivity contribution >= 4 is 40.4 Å². The van der Waals surface area contributed by atoms with Crippen molar-refractivity contribution in [1.82, 2.24) is 10.2 Å². The molecular weight excluding hydrogens is 379 g/mol. The molecule has 1 N–H and O–H groups in total. The number of likely N-dealkylation sites (tertiary alicyclic amines) is 1. The number of thiophene rings is 1. The first-order chi connectivity index (χ1) is 12.1. The topological polar surface area (TPSA) is 41.6 Å². The molecule has 0 radical (unpaired) electrons. The number of nitrogens with one attached hydrogen (secondary N) is 1. The maximum Gasteiger partial charge on any atom is 0.261 e. The molecule has 1 fully saturated rings. The second-order valence-electron chi connectivity index (χ2n) is 6.00. The number of nitrogens with zero attached hydrogens (tertiary/aromatic N) is 1. The third kappa shape index (κ3) is 5.61. The highest BCUT2D eigenvalue weighted by atomic mass is 35.5. The van der Waals surface area contributed by atoms with Gasteiger partial charge in [0.1, 0.15) is 12.4 Å². The van der Waals surface area contributed by atoms with Crippen molar-refractivity contribution in [2.75, 3.05) is 26.2 Å². The van der Waals surface area contributed by atoms with Gasteiger partial charge in [-0.3, -0.25) is 9.69 Å². The zero-order valence-corrected chi connectivity index (χ0v) is 16.0. The summed E-state index contributed by atoms with van der Waals surface area (Å²) in [5, 5.41) is 3.81. The van der Waals surface area contributed by atoms with E-state index in [-0.39, 0.29) is 11.9 Å². The van der Waals surface area contributed by atoms with Gasteiger partial charge in [0, 0.05) is 30.7 Å². The van der Waals surface area contributed by atoms with Gasteiger partial charge in [0.2, 0.25) is 0 Å². The molecule has 0 atom stereocenters. The average molecular weight is 399 g/mol. The van der Waals surface area contributed by atoms with E-state index in [1.54, 1.807) is 12.1 Å². The number of hydrogen-bond acceptors (Lipinski definition) is 4. The van der Waals surface area contributed by atoms with E-state index in [9.17, 15) is 4.79 Å². The summed E-state index contributed by atoms with van der Waals surface area (Å²) in [6.07, 6.45) is 1.90. The zero-order valence-electron chi connectivity index (χ0n) is 13.7. The number of benzene rings is 1. The number of ether oxygens (including phenoxy) is 1. The molecule has 7 heteroatoms. The van der Waals surface area contributed by atoms with Gasteiger partial charge >= 0.3 is 0 Å². The summed E-state index contributed by atoms with van der Waals surface area (Å²) in [7, 11) is 0. The van der Waals surface area contributed by atoms with Crippen LogP contribution in [-0.2, 0) is 0 Å². The Kier molecular flexibility index (Phi) is 6.59. The van der Waals surface area contributed by atoms with E-state index in [0.717, 1.165) is 38.2 Å². The highest BCUT2D eigenvalue weighted by Gasteiger charge is 2.21. The van der Waals surface area contributed by atoms with Crippen LogP contribution in [-0.4, -0.2) is 43.1 Å². The van der Waals surface area contributed by atoms with Crippen LogP contribution in [0.2, 0.25) is 9.36 Å². The van der Waals surface area contributed by atoms with Gasteiger partial charge < -0.3 is 10.1 Å². The maximum absolute atomic E-state index is 12.2. The lowest BCUT2D eigenvalue weighted by molar-refractivity contribution is 0.0909. The minimum absolute atomic E-state index is 0.0265. The second kappa shape index (κ2) is 8.90. The van der Waals surface area contributed by atoms with E-state index in [1.807, 2.05) is 24.3 Å². The van der Waals surface area contributed by atoms with Crippen molar-refractivity contribution in [1.29, 1.82) is 0 Å². The van der Waals surface area contributed by atoms with E-state index in [2.05, 4.69) is 10.2 Å². The quantitative estimate of drug-likeness (QED) is 0.786. The highest BCUT2D eigenvalue weighted by Crippen LogP contribution is 2.22. The Labute approximate surface area is 161 Å². The SMILES string of the molecule is O=C(NC1CCN(CCOc2ccc(Cl)cc2)CC1)c1ccc(Cl)s1. The molecule has 0 unspecified atom stereocenters. The van der Waals surface area contributed by atoms with E-state index in [4.69, 9.17) is 27.9 Å². The van der Waals surface area contributed by atoms with Crippen LogP contribution in [0.4, 0.5) is 0 Å². The van der Waals surface area contributed by atoms with Gasteiger partial charge in [0.25, 0.3) is 5.91 Å². The van der Waals surface area contributed by atoms with Crippen LogP contribution in [0.1, 0.15) is 22.5 Å². The lowest BCUT2D eigenvalue weighted by atomic mass is 10.1. The molecule has 1 aromatic heterocycles. The average Bonchev–Trinajstić information content (AvgIpc) is 3.05. The van der Waals surface area contributed by atoms with Crippen molar-refractivity contribution in [2.24, 2.45) is 0 Å². The molecule has 1 amide bonds. The molecule has 4 nitrogen and oxygen atoms in total. The standard InChI is InChI=1S/C18H20Cl2N2O2S/c19-13-1-3-15(4-2-13)24-12-11-22-9-7-14(8-10-22)21-18(23)16-5-6-17(20)25-16/h1-6,14H,7-12H2,(H,21,23). The highest BCUT2D eigenvalue weighted by molar-refractivity contribution is 7.18. The normalized spacial score (nSPS) is 15.9. The summed E-state index contributed by atoms with van der Waals surface area (Å²) in [4.78, 5) is 15.2. The third-order valence-electron chi connectivity index (χ3n) is 4.21. The first-order valence-corrected chi connectivity index (χ1v) is 9.84. The van der Waals surface area contributed by atoms with E-state index in [1.165, 1.54) is 11.3 Å². The third-order valence-corrected chi connectivity index (χ3v) is 5.69. The van der Waals surface area contributed by atoms with Gasteiger partial charge in [0.05, 0.1) is 9.21 Å². The van der Waals surface area contributed by atoms with Gasteiger partial charge in [-0.25, -0.2) is 0 Å². The van der Waals surface area contributed by atoms with Gasteiger partial charge in [-0.2, -0.15) is 0 Å². The minimum atomic E-state index is -0.0265. The molecule has 1 aromatic carbocycles. The molecule has 134 valence electrons. The number of rotatable bonds is 6. The molecule has 2 heterocycles. The minimum Gasteiger partial charge on any atom is -0.492 e. The van der Waals surface area contributed by atoms with E-state index < -0.39 is 0 Å². The Morgan fingerprint density at radius 2 is 1.88 bits per heavy atom. The fourth-order valence-electron chi connectivity index (χ4n) is 2.82. The van der Waals surface area contributed by atoms with Gasteiger partial charge in [-0.05, 0) is 49.2 Å². The monoisotopic (exact) mass is 398 g/mol. The molecule has 0 spiro atoms. The maximum atomic E-state index is 12.2. The Bertz CT molecular complexity index is 697. The van der Waals surface area contributed by atoms with Gasteiger partial charge in [0.15, 0.2) is 0 Å². The first kappa shape index (κ1) is 18.5. The van der Waals surface area contributed by atoms with Crippen LogP contribution in [0.25, 0.3) is 0 Å². The molecule has 0 bridgehead atoms. The molecule has 1 saturated heterocycles. The van der Waals surface area contributed by atoms with Crippen molar-refractivity contribution in [3.63, 3.8) is 0 Å².